The highest BCUT2D eigenvalue weighted by Gasteiger charge is 2.12. The average Bonchev–Trinajstić information content (AvgIpc) is 2.77. The van der Waals surface area contributed by atoms with E-state index in [0.717, 1.165) is 11.6 Å². The molecular formula is C12H12F2N2O. The van der Waals surface area contributed by atoms with Gasteiger partial charge in [0.2, 0.25) is 0 Å². The summed E-state index contributed by atoms with van der Waals surface area (Å²) in [4.78, 5) is 0. The third kappa shape index (κ3) is 2.89. The Morgan fingerprint density at radius 3 is 2.47 bits per heavy atom. The summed E-state index contributed by atoms with van der Waals surface area (Å²) in [5.74, 6) is 4.22. The van der Waals surface area contributed by atoms with Crippen molar-refractivity contribution in [3.05, 3.63) is 59.6 Å². The van der Waals surface area contributed by atoms with Gasteiger partial charge in [0.1, 0.15) is 11.6 Å². The maximum Gasteiger partial charge on any atom is 0.126 e. The molecule has 1 aromatic carbocycles. The number of hydrogen-bond acceptors (Lipinski definition) is 3. The quantitative estimate of drug-likeness (QED) is 0.634. The van der Waals surface area contributed by atoms with Gasteiger partial charge in [0.15, 0.2) is 0 Å². The SMILES string of the molecule is NNC(Cc1cc(F)cc(F)c1)c1ccoc1. The first-order valence-corrected chi connectivity index (χ1v) is 5.12. The summed E-state index contributed by atoms with van der Waals surface area (Å²) in [5, 5.41) is 0. The minimum absolute atomic E-state index is 0.241. The van der Waals surface area contributed by atoms with Crippen molar-refractivity contribution in [1.82, 2.24) is 5.43 Å². The first-order chi connectivity index (χ1) is 8.19. The fraction of sp³-hybridized carbons (Fsp3) is 0.167. The molecule has 0 saturated heterocycles. The molecule has 90 valence electrons. The van der Waals surface area contributed by atoms with Crippen LogP contribution in [0.2, 0.25) is 0 Å². The predicted octanol–water partition coefficient (Wildman–Crippen LogP) is 2.30. The molecule has 0 saturated carbocycles. The Morgan fingerprint density at radius 1 is 1.24 bits per heavy atom. The van der Waals surface area contributed by atoms with E-state index in [4.69, 9.17) is 10.3 Å². The molecule has 0 spiro atoms. The number of furan rings is 1. The summed E-state index contributed by atoms with van der Waals surface area (Å²) >= 11 is 0. The molecule has 3 nitrogen and oxygen atoms in total. The summed E-state index contributed by atoms with van der Waals surface area (Å²) in [6.45, 7) is 0. The van der Waals surface area contributed by atoms with Crippen LogP contribution in [0.1, 0.15) is 17.2 Å². The van der Waals surface area contributed by atoms with Crippen molar-refractivity contribution in [2.24, 2.45) is 5.84 Å². The molecule has 0 aliphatic heterocycles. The topological polar surface area (TPSA) is 51.2 Å². The van der Waals surface area contributed by atoms with E-state index < -0.39 is 11.6 Å². The summed E-state index contributed by atoms with van der Waals surface area (Å²) in [5.41, 5.74) is 3.95. The Labute approximate surface area is 97.2 Å². The van der Waals surface area contributed by atoms with Gasteiger partial charge in [0, 0.05) is 11.6 Å². The summed E-state index contributed by atoms with van der Waals surface area (Å²) < 4.78 is 31.0. The second kappa shape index (κ2) is 5.07. The lowest BCUT2D eigenvalue weighted by Gasteiger charge is -2.14. The van der Waals surface area contributed by atoms with Gasteiger partial charge in [-0.2, -0.15) is 0 Å². The molecule has 2 rings (SSSR count). The zero-order valence-electron chi connectivity index (χ0n) is 8.99. The van der Waals surface area contributed by atoms with Gasteiger partial charge in [-0.15, -0.1) is 0 Å². The van der Waals surface area contributed by atoms with E-state index in [2.05, 4.69) is 5.43 Å². The van der Waals surface area contributed by atoms with Gasteiger partial charge in [0.05, 0.1) is 18.6 Å². The largest absolute Gasteiger partial charge is 0.472 e. The van der Waals surface area contributed by atoms with Crippen molar-refractivity contribution >= 4 is 0 Å². The van der Waals surface area contributed by atoms with Gasteiger partial charge in [-0.05, 0) is 30.2 Å². The van der Waals surface area contributed by atoms with Crippen LogP contribution in [0.25, 0.3) is 0 Å². The number of rotatable bonds is 4. The number of halogens is 2. The van der Waals surface area contributed by atoms with Crippen molar-refractivity contribution in [2.75, 3.05) is 0 Å². The van der Waals surface area contributed by atoms with Gasteiger partial charge in [-0.25, -0.2) is 8.78 Å². The lowest BCUT2D eigenvalue weighted by atomic mass is 10.0. The van der Waals surface area contributed by atoms with Gasteiger partial charge < -0.3 is 4.42 Å². The van der Waals surface area contributed by atoms with E-state index in [1.54, 1.807) is 12.3 Å². The third-order valence-corrected chi connectivity index (χ3v) is 2.51. The lowest BCUT2D eigenvalue weighted by molar-refractivity contribution is 0.521. The number of nitrogens with two attached hydrogens (primary N) is 1. The Bertz CT molecular complexity index is 465. The highest BCUT2D eigenvalue weighted by Crippen LogP contribution is 2.19. The Hall–Kier alpha value is -1.72. The Balaban J connectivity index is 2.18. The molecule has 0 fully saturated rings. The average molecular weight is 238 g/mol. The van der Waals surface area contributed by atoms with Crippen LogP contribution in [0.4, 0.5) is 8.78 Å². The number of nitrogens with one attached hydrogen (secondary N) is 1. The van der Waals surface area contributed by atoms with Crippen LogP contribution in [0.5, 0.6) is 0 Å². The van der Waals surface area contributed by atoms with Gasteiger partial charge >= 0.3 is 0 Å². The van der Waals surface area contributed by atoms with Crippen LogP contribution < -0.4 is 11.3 Å². The maximum atomic E-state index is 13.0. The minimum Gasteiger partial charge on any atom is -0.472 e. The standard InChI is InChI=1S/C12H12F2N2O/c13-10-3-8(4-11(14)6-10)5-12(16-15)9-1-2-17-7-9/h1-4,6-7,12,16H,5,15H2. The van der Waals surface area contributed by atoms with Gasteiger partial charge in [-0.1, -0.05) is 0 Å². The zero-order chi connectivity index (χ0) is 12.3. The van der Waals surface area contributed by atoms with Crippen molar-refractivity contribution in [2.45, 2.75) is 12.5 Å². The third-order valence-electron chi connectivity index (χ3n) is 2.51. The van der Waals surface area contributed by atoms with Crippen LogP contribution in [-0.4, -0.2) is 0 Å². The van der Waals surface area contributed by atoms with Crippen LogP contribution in [0.15, 0.2) is 41.2 Å². The van der Waals surface area contributed by atoms with Crippen molar-refractivity contribution in [3.8, 4) is 0 Å². The molecule has 3 N–H and O–H groups in total. The van der Waals surface area contributed by atoms with E-state index >= 15 is 0 Å². The molecule has 2 aromatic rings. The molecule has 0 radical (unpaired) electrons. The predicted molar refractivity (Wildman–Crippen MR) is 58.8 cm³/mol. The Morgan fingerprint density at radius 2 is 1.94 bits per heavy atom. The summed E-state index contributed by atoms with van der Waals surface area (Å²) in [6.07, 6.45) is 3.44. The van der Waals surface area contributed by atoms with Gasteiger partial charge in [0.25, 0.3) is 0 Å². The van der Waals surface area contributed by atoms with E-state index in [1.165, 1.54) is 18.4 Å². The molecule has 0 amide bonds. The van der Waals surface area contributed by atoms with E-state index in [0.29, 0.717) is 12.0 Å². The van der Waals surface area contributed by atoms with Crippen molar-refractivity contribution in [3.63, 3.8) is 0 Å². The Kier molecular flexibility index (Phi) is 3.51. The smallest absolute Gasteiger partial charge is 0.126 e. The maximum absolute atomic E-state index is 13.0. The van der Waals surface area contributed by atoms with Crippen LogP contribution in [0.3, 0.4) is 0 Å². The van der Waals surface area contributed by atoms with Crippen molar-refractivity contribution < 1.29 is 13.2 Å². The first-order valence-electron chi connectivity index (χ1n) is 5.12. The molecule has 1 unspecified atom stereocenters. The van der Waals surface area contributed by atoms with Crippen LogP contribution in [0, 0.1) is 11.6 Å². The molecule has 1 atom stereocenters. The van der Waals surface area contributed by atoms with Gasteiger partial charge in [-0.3, -0.25) is 11.3 Å². The fourth-order valence-corrected chi connectivity index (χ4v) is 1.71. The van der Waals surface area contributed by atoms with Crippen LogP contribution >= 0.6 is 0 Å². The monoisotopic (exact) mass is 238 g/mol. The van der Waals surface area contributed by atoms with E-state index in [-0.39, 0.29) is 6.04 Å². The minimum atomic E-state index is -0.594. The normalized spacial score (nSPS) is 12.6. The number of benzene rings is 1. The highest BCUT2D eigenvalue weighted by molar-refractivity contribution is 5.22. The van der Waals surface area contributed by atoms with E-state index in [9.17, 15) is 8.78 Å². The highest BCUT2D eigenvalue weighted by atomic mass is 19.1. The van der Waals surface area contributed by atoms with Crippen LogP contribution in [-0.2, 0) is 6.42 Å². The number of hydrogen-bond donors (Lipinski definition) is 2. The summed E-state index contributed by atoms with van der Waals surface area (Å²) in [7, 11) is 0. The first kappa shape index (κ1) is 11.8. The fourth-order valence-electron chi connectivity index (χ4n) is 1.71. The second-order valence-corrected chi connectivity index (χ2v) is 3.76. The molecule has 0 aliphatic carbocycles. The molecule has 5 heteroatoms. The molecule has 0 aliphatic rings. The molecular weight excluding hydrogens is 226 g/mol. The molecule has 17 heavy (non-hydrogen) atoms. The number of hydrazine groups is 1. The van der Waals surface area contributed by atoms with E-state index in [1.807, 2.05) is 0 Å². The zero-order valence-corrected chi connectivity index (χ0v) is 8.99. The summed E-state index contributed by atoms with van der Waals surface area (Å²) in [6, 6.07) is 4.92. The molecule has 0 bridgehead atoms. The van der Waals surface area contributed by atoms with Crippen molar-refractivity contribution in [1.29, 1.82) is 0 Å². The molecule has 1 heterocycles. The lowest BCUT2D eigenvalue weighted by Crippen LogP contribution is -2.29. The molecule has 1 aromatic heterocycles. The second-order valence-electron chi connectivity index (χ2n) is 3.76.